The van der Waals surface area contributed by atoms with Gasteiger partial charge in [0.1, 0.15) is 11.7 Å². The predicted molar refractivity (Wildman–Crippen MR) is 90.4 cm³/mol. The van der Waals surface area contributed by atoms with Crippen molar-refractivity contribution in [3.05, 3.63) is 75.3 Å². The Morgan fingerprint density at radius 3 is 2.10 bits per heavy atom. The van der Waals surface area contributed by atoms with Gasteiger partial charge in [-0.25, -0.2) is 28.9 Å². The Balaban J connectivity index is 0.000000370. The number of nitrogens with zero attached hydrogens (tertiary/aromatic N) is 2. The third-order valence-electron chi connectivity index (χ3n) is 3.59. The molecule has 0 saturated heterocycles. The Bertz CT molecular complexity index is 1060. The molecule has 2 heterocycles. The minimum atomic E-state index is -5.19. The highest BCUT2D eigenvalue weighted by Gasteiger charge is 2.28. The van der Waals surface area contributed by atoms with Gasteiger partial charge in [0.15, 0.2) is 18.9 Å². The monoisotopic (exact) mass is 412 g/mol. The molecule has 0 fully saturated rings. The van der Waals surface area contributed by atoms with Gasteiger partial charge in [-0.2, -0.15) is 13.2 Å². The first-order chi connectivity index (χ1) is 13.6. The number of carbonyl (C=O) groups excluding carboxylic acids is 1. The molecule has 0 amide bonds. The summed E-state index contributed by atoms with van der Waals surface area (Å²) in [4.78, 5) is 31.9. The number of benzene rings is 1. The van der Waals surface area contributed by atoms with Crippen LogP contribution in [0, 0.1) is 0 Å². The lowest BCUT2D eigenvalue weighted by Gasteiger charge is -2.05. The van der Waals surface area contributed by atoms with E-state index in [4.69, 9.17) is 14.6 Å². The molecule has 154 valence electrons. The number of alkyl halides is 3. The molecule has 2 N–H and O–H groups in total. The molecule has 0 radical (unpaired) electrons. The number of pyridine rings is 1. The van der Waals surface area contributed by atoms with Crippen molar-refractivity contribution in [3.63, 3.8) is 0 Å². The van der Waals surface area contributed by atoms with Crippen LogP contribution >= 0.6 is 0 Å². The maximum atomic E-state index is 11.6. The number of carbonyl (C=O) groups is 1. The van der Waals surface area contributed by atoms with E-state index < -0.39 is 23.5 Å². The molecule has 0 saturated carbocycles. The summed E-state index contributed by atoms with van der Waals surface area (Å²) in [5.74, 6) is -2.19. The van der Waals surface area contributed by atoms with Gasteiger partial charge in [0, 0.05) is 12.1 Å². The largest absolute Gasteiger partial charge is 0.542 e. The molecule has 0 unspecified atom stereocenters. The van der Waals surface area contributed by atoms with Crippen LogP contribution < -0.4 is 25.8 Å². The molecule has 0 aliphatic rings. The number of H-pyrrole nitrogens is 2. The van der Waals surface area contributed by atoms with E-state index in [1.165, 1.54) is 0 Å². The summed E-state index contributed by atoms with van der Waals surface area (Å²) in [6.07, 6.45) is -1.58. The van der Waals surface area contributed by atoms with E-state index in [1.807, 2.05) is 28.8 Å². The minimum absolute atomic E-state index is 0.493. The van der Waals surface area contributed by atoms with E-state index in [1.54, 1.807) is 31.6 Å². The number of hydrogen-bond acceptors (Lipinski definition) is 5. The van der Waals surface area contributed by atoms with Crippen LogP contribution in [0.2, 0.25) is 0 Å². The molecule has 0 bridgehead atoms. The number of carboxylic acids is 1. The van der Waals surface area contributed by atoms with Crippen molar-refractivity contribution in [2.75, 3.05) is 7.11 Å². The van der Waals surface area contributed by atoms with Gasteiger partial charge < -0.3 is 14.6 Å². The fourth-order valence-corrected chi connectivity index (χ4v) is 2.28. The quantitative estimate of drug-likeness (QED) is 0.559. The summed E-state index contributed by atoms with van der Waals surface area (Å²) in [7, 11) is 1.64. The van der Waals surface area contributed by atoms with Crippen molar-refractivity contribution in [2.24, 2.45) is 0 Å². The number of carboxylic acid groups (broad SMARTS) is 1. The lowest BCUT2D eigenvalue weighted by molar-refractivity contribution is -0.688. The normalized spacial score (nSPS) is 10.8. The lowest BCUT2D eigenvalue weighted by Crippen LogP contribution is -2.37. The summed E-state index contributed by atoms with van der Waals surface area (Å²) in [5.41, 5.74) is 0.558. The van der Waals surface area contributed by atoms with E-state index in [-0.39, 0.29) is 0 Å². The van der Waals surface area contributed by atoms with Gasteiger partial charge in [-0.05, 0) is 12.1 Å². The minimum Gasteiger partial charge on any atom is -0.542 e. The number of aromatic nitrogens is 4. The maximum Gasteiger partial charge on any atom is 0.430 e. The van der Waals surface area contributed by atoms with Gasteiger partial charge in [-0.1, -0.05) is 12.1 Å². The van der Waals surface area contributed by atoms with Crippen molar-refractivity contribution in [1.82, 2.24) is 14.8 Å². The van der Waals surface area contributed by atoms with Crippen LogP contribution in [0.1, 0.15) is 5.56 Å². The number of para-hydroxylation sites is 1. The summed E-state index contributed by atoms with van der Waals surface area (Å²) in [6.45, 7) is 0.628. The molecular weight excluding hydrogens is 397 g/mol. The fraction of sp³-hybridized carbons (Fsp3) is 0.176. The van der Waals surface area contributed by atoms with Crippen LogP contribution in [0.4, 0.5) is 13.2 Å². The van der Waals surface area contributed by atoms with Crippen LogP contribution in [-0.4, -0.2) is 34.0 Å². The second-order valence-corrected chi connectivity index (χ2v) is 5.52. The molecule has 2 aromatic heterocycles. The van der Waals surface area contributed by atoms with Gasteiger partial charge in [0.05, 0.1) is 18.4 Å². The number of rotatable bonds is 4. The summed E-state index contributed by atoms with van der Waals surface area (Å²) in [6, 6.07) is 11.2. The first-order valence-corrected chi connectivity index (χ1v) is 7.92. The second kappa shape index (κ2) is 8.91. The predicted octanol–water partition coefficient (Wildman–Crippen LogP) is -0.503. The summed E-state index contributed by atoms with van der Waals surface area (Å²) in [5, 5.41) is 13.3. The van der Waals surface area contributed by atoms with Gasteiger partial charge >= 0.3 is 17.6 Å². The first kappa shape index (κ1) is 21.5. The number of nitrogens with one attached hydrogen (secondary N) is 2. The highest BCUT2D eigenvalue weighted by Crippen LogP contribution is 2.16. The van der Waals surface area contributed by atoms with Crippen molar-refractivity contribution in [2.45, 2.75) is 12.7 Å². The van der Waals surface area contributed by atoms with Gasteiger partial charge in [0.25, 0.3) is 0 Å². The molecule has 3 aromatic rings. The zero-order valence-corrected chi connectivity index (χ0v) is 14.9. The molecule has 29 heavy (non-hydrogen) atoms. The van der Waals surface area contributed by atoms with Crippen molar-refractivity contribution in [3.8, 4) is 11.4 Å². The Kier molecular flexibility index (Phi) is 6.59. The van der Waals surface area contributed by atoms with E-state index in [2.05, 4.69) is 10.2 Å². The Labute approximate surface area is 160 Å². The molecular formula is C17H15F3N4O5. The molecule has 1 aromatic carbocycles. The SMILES string of the molecule is COc1ccccc1C[n+]1ccc(-n2c(=O)[nH][nH]c2=O)cc1.O=C([O-])C(F)(F)F. The summed E-state index contributed by atoms with van der Waals surface area (Å²) < 4.78 is 39.8. The maximum absolute atomic E-state index is 11.6. The Morgan fingerprint density at radius 1 is 1.10 bits per heavy atom. The summed E-state index contributed by atoms with van der Waals surface area (Å²) >= 11 is 0. The molecule has 9 nitrogen and oxygen atoms in total. The number of halogens is 3. The highest BCUT2D eigenvalue weighted by molar-refractivity contribution is 5.70. The number of aliphatic carboxylic acids is 1. The van der Waals surface area contributed by atoms with Crippen LogP contribution in [0.3, 0.4) is 0 Å². The third kappa shape index (κ3) is 5.57. The molecule has 0 spiro atoms. The standard InChI is InChI=1S/C15H14N4O3.C2HF3O2/c1-22-13-5-3-2-4-11(13)10-18-8-6-12(7-9-18)19-14(20)16-17-15(19)21;3-2(4,5)1(6)7/h2-9H,10H2,1H3,(H-,16,17,20,21);(H,6,7). The Hall–Kier alpha value is -3.83. The van der Waals surface area contributed by atoms with Crippen LogP contribution in [0.5, 0.6) is 5.75 Å². The molecule has 12 heteroatoms. The zero-order chi connectivity index (χ0) is 21.6. The second-order valence-electron chi connectivity index (χ2n) is 5.52. The third-order valence-corrected chi connectivity index (χ3v) is 3.59. The van der Waals surface area contributed by atoms with Crippen LogP contribution in [0.15, 0.2) is 58.4 Å². The topological polar surface area (TPSA) is 124 Å². The van der Waals surface area contributed by atoms with Gasteiger partial charge in [-0.3, -0.25) is 0 Å². The molecule has 3 rings (SSSR count). The Morgan fingerprint density at radius 2 is 1.62 bits per heavy atom. The lowest BCUT2D eigenvalue weighted by atomic mass is 10.2. The van der Waals surface area contributed by atoms with E-state index in [0.717, 1.165) is 15.9 Å². The van der Waals surface area contributed by atoms with E-state index in [9.17, 15) is 22.8 Å². The highest BCUT2D eigenvalue weighted by atomic mass is 19.4. The van der Waals surface area contributed by atoms with E-state index >= 15 is 0 Å². The number of aromatic amines is 2. The first-order valence-electron chi connectivity index (χ1n) is 7.92. The van der Waals surface area contributed by atoms with Crippen molar-refractivity contribution in [1.29, 1.82) is 0 Å². The van der Waals surface area contributed by atoms with Crippen LogP contribution in [0.25, 0.3) is 5.69 Å². The molecule has 0 aliphatic heterocycles. The fourth-order valence-electron chi connectivity index (χ4n) is 2.28. The van der Waals surface area contributed by atoms with Gasteiger partial charge in [-0.15, -0.1) is 0 Å². The zero-order valence-electron chi connectivity index (χ0n) is 14.9. The molecule has 0 atom stereocenters. The smallest absolute Gasteiger partial charge is 0.430 e. The van der Waals surface area contributed by atoms with E-state index in [0.29, 0.717) is 12.2 Å². The molecule has 0 aliphatic carbocycles. The average molecular weight is 412 g/mol. The number of hydrogen-bond donors (Lipinski definition) is 2. The number of methoxy groups -OCH3 is 1. The average Bonchev–Trinajstić information content (AvgIpc) is 3.01. The number of ether oxygens (including phenoxy) is 1. The van der Waals surface area contributed by atoms with Crippen LogP contribution in [-0.2, 0) is 11.3 Å². The van der Waals surface area contributed by atoms with Crippen molar-refractivity contribution < 1.29 is 32.4 Å². The van der Waals surface area contributed by atoms with Crippen molar-refractivity contribution >= 4 is 5.97 Å². The van der Waals surface area contributed by atoms with Gasteiger partial charge in [0.2, 0.25) is 0 Å².